The van der Waals surface area contributed by atoms with Crippen LogP contribution in [-0.4, -0.2) is 30.1 Å². The summed E-state index contributed by atoms with van der Waals surface area (Å²) >= 11 is 0. The second kappa shape index (κ2) is 6.93. The number of anilines is 1. The van der Waals surface area contributed by atoms with Gasteiger partial charge in [0.05, 0.1) is 5.92 Å². The second-order valence-corrected chi connectivity index (χ2v) is 5.45. The van der Waals surface area contributed by atoms with E-state index >= 15 is 0 Å². The maximum absolute atomic E-state index is 11.1. The molecular weight excluding hydrogens is 256 g/mol. The Labute approximate surface area is 119 Å². The van der Waals surface area contributed by atoms with Gasteiger partial charge >= 0.3 is 5.97 Å². The number of aliphatic carboxylic acids is 1. The molecule has 3 N–H and O–H groups in total. The Morgan fingerprint density at radius 3 is 2.10 bits per heavy atom. The lowest BCUT2D eigenvalue weighted by atomic mass is 10.1. The molecule has 1 aromatic carbocycles. The quantitative estimate of drug-likeness (QED) is 0.798. The van der Waals surface area contributed by atoms with Gasteiger partial charge in [-0.15, -0.1) is 0 Å². The van der Waals surface area contributed by atoms with Crippen LogP contribution in [0.5, 0.6) is 0 Å². The Morgan fingerprint density at radius 1 is 1.15 bits per heavy atom. The highest BCUT2D eigenvalue weighted by atomic mass is 16.4. The zero-order chi connectivity index (χ0) is 15.3. The van der Waals surface area contributed by atoms with Crippen molar-refractivity contribution in [3.8, 4) is 0 Å². The summed E-state index contributed by atoms with van der Waals surface area (Å²) in [4.78, 5) is 24.1. The monoisotopic (exact) mass is 278 g/mol. The molecule has 0 fully saturated rings. The first-order valence-corrected chi connectivity index (χ1v) is 6.69. The molecule has 0 bridgehead atoms. The van der Waals surface area contributed by atoms with Gasteiger partial charge in [0.1, 0.15) is 0 Å². The molecule has 0 heterocycles. The highest BCUT2D eigenvalue weighted by Crippen LogP contribution is 2.18. The smallest absolute Gasteiger partial charge is 0.308 e. The van der Waals surface area contributed by atoms with Crippen LogP contribution in [0.15, 0.2) is 24.3 Å². The van der Waals surface area contributed by atoms with E-state index in [0.717, 1.165) is 12.2 Å². The molecule has 0 saturated heterocycles. The average Bonchev–Trinajstić information content (AvgIpc) is 2.37. The molecule has 1 unspecified atom stereocenters. The fourth-order valence-corrected chi connectivity index (χ4v) is 1.97. The van der Waals surface area contributed by atoms with E-state index in [1.54, 1.807) is 31.2 Å². The van der Waals surface area contributed by atoms with Crippen molar-refractivity contribution in [2.24, 2.45) is 17.6 Å². The Balaban J connectivity index is 2.92. The van der Waals surface area contributed by atoms with Crippen LogP contribution in [-0.2, 0) is 4.79 Å². The minimum Gasteiger partial charge on any atom is -0.481 e. The number of rotatable bonds is 7. The molecule has 1 atom stereocenters. The van der Waals surface area contributed by atoms with Crippen LogP contribution in [0, 0.1) is 11.8 Å². The number of benzene rings is 1. The van der Waals surface area contributed by atoms with Crippen LogP contribution >= 0.6 is 0 Å². The molecule has 1 aromatic rings. The fourth-order valence-electron chi connectivity index (χ4n) is 1.97. The third kappa shape index (κ3) is 4.57. The van der Waals surface area contributed by atoms with Gasteiger partial charge in [0.25, 0.3) is 0 Å². The lowest BCUT2D eigenvalue weighted by Gasteiger charge is -2.28. The van der Waals surface area contributed by atoms with Gasteiger partial charge in [0.15, 0.2) is 0 Å². The lowest BCUT2D eigenvalue weighted by molar-refractivity contribution is -0.140. The molecule has 0 aromatic heterocycles. The Morgan fingerprint density at radius 2 is 1.70 bits per heavy atom. The molecule has 20 heavy (non-hydrogen) atoms. The minimum atomic E-state index is -0.812. The van der Waals surface area contributed by atoms with Gasteiger partial charge in [-0.1, -0.05) is 20.8 Å². The summed E-state index contributed by atoms with van der Waals surface area (Å²) in [5, 5.41) is 9.04. The number of hydrogen-bond donors (Lipinski definition) is 2. The van der Waals surface area contributed by atoms with Crippen LogP contribution in [0.3, 0.4) is 0 Å². The molecule has 110 valence electrons. The van der Waals surface area contributed by atoms with Crippen molar-refractivity contribution in [2.75, 3.05) is 18.0 Å². The first-order valence-electron chi connectivity index (χ1n) is 6.69. The van der Waals surface area contributed by atoms with Crippen molar-refractivity contribution in [3.63, 3.8) is 0 Å². The lowest BCUT2D eigenvalue weighted by Crippen LogP contribution is -2.34. The van der Waals surface area contributed by atoms with Gasteiger partial charge in [0, 0.05) is 24.3 Å². The topological polar surface area (TPSA) is 83.6 Å². The SMILES string of the molecule is CC(C)CN(CC(C)C(=O)O)c1ccc(C(N)=O)cc1. The number of amides is 1. The van der Waals surface area contributed by atoms with E-state index in [1.807, 2.05) is 4.90 Å². The van der Waals surface area contributed by atoms with Crippen molar-refractivity contribution >= 4 is 17.6 Å². The summed E-state index contributed by atoms with van der Waals surface area (Å²) in [6.45, 7) is 7.04. The van der Waals surface area contributed by atoms with E-state index in [2.05, 4.69) is 13.8 Å². The maximum atomic E-state index is 11.1. The summed E-state index contributed by atoms with van der Waals surface area (Å²) in [7, 11) is 0. The molecule has 5 heteroatoms. The van der Waals surface area contributed by atoms with Crippen LogP contribution in [0.25, 0.3) is 0 Å². The van der Waals surface area contributed by atoms with E-state index in [1.165, 1.54) is 0 Å². The second-order valence-electron chi connectivity index (χ2n) is 5.45. The van der Waals surface area contributed by atoms with Crippen molar-refractivity contribution in [1.82, 2.24) is 0 Å². The number of nitrogens with two attached hydrogens (primary N) is 1. The number of carboxylic acids is 1. The van der Waals surface area contributed by atoms with Crippen LogP contribution in [0.1, 0.15) is 31.1 Å². The largest absolute Gasteiger partial charge is 0.481 e. The number of primary amides is 1. The molecule has 0 spiro atoms. The summed E-state index contributed by atoms with van der Waals surface area (Å²) in [5.41, 5.74) is 6.56. The van der Waals surface area contributed by atoms with Crippen molar-refractivity contribution in [2.45, 2.75) is 20.8 Å². The summed E-state index contributed by atoms with van der Waals surface area (Å²) in [6, 6.07) is 6.93. The maximum Gasteiger partial charge on any atom is 0.308 e. The van der Waals surface area contributed by atoms with Crippen molar-refractivity contribution in [3.05, 3.63) is 29.8 Å². The van der Waals surface area contributed by atoms with E-state index in [9.17, 15) is 9.59 Å². The Hall–Kier alpha value is -2.04. The van der Waals surface area contributed by atoms with Gasteiger partial charge in [-0.25, -0.2) is 0 Å². The molecule has 0 radical (unpaired) electrons. The van der Waals surface area contributed by atoms with E-state index in [0.29, 0.717) is 18.0 Å². The number of hydrogen-bond acceptors (Lipinski definition) is 3. The summed E-state index contributed by atoms with van der Waals surface area (Å²) in [5.74, 6) is -1.32. The first kappa shape index (κ1) is 16.0. The third-order valence-electron chi connectivity index (χ3n) is 3.02. The van der Waals surface area contributed by atoms with Crippen molar-refractivity contribution in [1.29, 1.82) is 0 Å². The molecule has 1 amide bonds. The van der Waals surface area contributed by atoms with E-state index < -0.39 is 17.8 Å². The van der Waals surface area contributed by atoms with Gasteiger partial charge in [-0.2, -0.15) is 0 Å². The normalized spacial score (nSPS) is 12.2. The van der Waals surface area contributed by atoms with Gasteiger partial charge in [-0.3, -0.25) is 9.59 Å². The molecular formula is C15H22N2O3. The Bertz CT molecular complexity index is 469. The highest BCUT2D eigenvalue weighted by Gasteiger charge is 2.17. The third-order valence-corrected chi connectivity index (χ3v) is 3.02. The summed E-state index contributed by atoms with van der Waals surface area (Å²) < 4.78 is 0. The molecule has 0 saturated carbocycles. The van der Waals surface area contributed by atoms with Crippen molar-refractivity contribution < 1.29 is 14.7 Å². The van der Waals surface area contributed by atoms with Gasteiger partial charge < -0.3 is 15.7 Å². The number of carbonyl (C=O) groups is 2. The average molecular weight is 278 g/mol. The predicted octanol–water partition coefficient (Wildman–Crippen LogP) is 1.97. The van der Waals surface area contributed by atoms with Gasteiger partial charge in [-0.05, 0) is 30.2 Å². The minimum absolute atomic E-state index is 0.409. The van der Waals surface area contributed by atoms with Crippen LogP contribution in [0.2, 0.25) is 0 Å². The first-order chi connectivity index (χ1) is 9.31. The Kier molecular flexibility index (Phi) is 5.55. The van der Waals surface area contributed by atoms with E-state index in [-0.39, 0.29) is 0 Å². The zero-order valence-electron chi connectivity index (χ0n) is 12.2. The van der Waals surface area contributed by atoms with Gasteiger partial charge in [0.2, 0.25) is 5.91 Å². The standard InChI is InChI=1S/C15H22N2O3/c1-10(2)8-17(9-11(3)15(19)20)13-6-4-12(5-7-13)14(16)18/h4-7,10-11H,8-9H2,1-3H3,(H2,16,18)(H,19,20). The van der Waals surface area contributed by atoms with E-state index in [4.69, 9.17) is 10.8 Å². The molecule has 5 nitrogen and oxygen atoms in total. The molecule has 0 aliphatic heterocycles. The predicted molar refractivity (Wildman–Crippen MR) is 78.8 cm³/mol. The fraction of sp³-hybridized carbons (Fsp3) is 0.467. The molecule has 0 aliphatic rings. The van der Waals surface area contributed by atoms with Crippen LogP contribution in [0.4, 0.5) is 5.69 Å². The molecule has 1 rings (SSSR count). The summed E-state index contributed by atoms with van der Waals surface area (Å²) in [6.07, 6.45) is 0. The number of carbonyl (C=O) groups excluding carboxylic acids is 1. The zero-order valence-corrected chi connectivity index (χ0v) is 12.2. The highest BCUT2D eigenvalue weighted by molar-refractivity contribution is 5.93. The molecule has 0 aliphatic carbocycles. The van der Waals surface area contributed by atoms with Crippen LogP contribution < -0.4 is 10.6 Å². The number of carboxylic acid groups (broad SMARTS) is 1. The number of nitrogens with zero attached hydrogens (tertiary/aromatic N) is 1.